The molecular weight excluding hydrogens is 246 g/mol. The summed E-state index contributed by atoms with van der Waals surface area (Å²) < 4.78 is 12.1. The van der Waals surface area contributed by atoms with Crippen molar-refractivity contribution in [2.45, 2.75) is 13.2 Å². The van der Waals surface area contributed by atoms with Crippen LogP contribution >= 0.6 is 0 Å². The van der Waals surface area contributed by atoms with E-state index >= 15 is 0 Å². The molecule has 0 saturated heterocycles. The third-order valence-electron chi connectivity index (χ3n) is 3.02. The summed E-state index contributed by atoms with van der Waals surface area (Å²) in [6.07, 6.45) is 1.69. The second-order valence-corrected chi connectivity index (χ2v) is 4.14. The fraction of sp³-hybridized carbons (Fsp3) is 0.308. The summed E-state index contributed by atoms with van der Waals surface area (Å²) in [6.45, 7) is 1.66. The Morgan fingerprint density at radius 2 is 2.37 bits per heavy atom. The van der Waals surface area contributed by atoms with Gasteiger partial charge in [-0.1, -0.05) is 6.07 Å². The van der Waals surface area contributed by atoms with Crippen molar-refractivity contribution in [3.63, 3.8) is 0 Å². The summed E-state index contributed by atoms with van der Waals surface area (Å²) in [5, 5.41) is 0. The molecule has 0 unspecified atom stereocenters. The van der Waals surface area contributed by atoms with Gasteiger partial charge in [-0.25, -0.2) is 9.78 Å². The van der Waals surface area contributed by atoms with E-state index < -0.39 is 5.97 Å². The number of hydrogen-bond donors (Lipinski definition) is 0. The van der Waals surface area contributed by atoms with E-state index in [1.807, 2.05) is 22.8 Å². The highest BCUT2D eigenvalue weighted by atomic mass is 16.5. The molecule has 0 saturated carbocycles. The van der Waals surface area contributed by atoms with E-state index in [1.54, 1.807) is 6.20 Å². The van der Waals surface area contributed by atoms with Gasteiger partial charge in [0.05, 0.1) is 19.4 Å². The number of ether oxygens (including phenoxy) is 2. The molecule has 1 aliphatic heterocycles. The molecule has 98 valence electrons. The highest BCUT2D eigenvalue weighted by Gasteiger charge is 2.26. The molecule has 0 aliphatic carbocycles. The van der Waals surface area contributed by atoms with Crippen molar-refractivity contribution in [1.82, 2.24) is 14.5 Å². The maximum atomic E-state index is 11.9. The van der Waals surface area contributed by atoms with Crippen LogP contribution in [0.3, 0.4) is 0 Å². The first kappa shape index (κ1) is 11.9. The Bertz CT molecular complexity index is 607. The Labute approximate surface area is 110 Å². The topological polar surface area (TPSA) is 66.2 Å². The largest absolute Gasteiger partial charge is 0.464 e. The van der Waals surface area contributed by atoms with E-state index in [1.165, 1.54) is 7.11 Å². The molecule has 2 aromatic rings. The van der Waals surface area contributed by atoms with Crippen LogP contribution in [0.2, 0.25) is 0 Å². The van der Waals surface area contributed by atoms with E-state index in [-0.39, 0.29) is 0 Å². The molecule has 3 rings (SSSR count). The second-order valence-electron chi connectivity index (χ2n) is 4.14. The van der Waals surface area contributed by atoms with Crippen molar-refractivity contribution in [1.29, 1.82) is 0 Å². The van der Waals surface area contributed by atoms with Crippen LogP contribution in [-0.2, 0) is 22.6 Å². The Kier molecular flexibility index (Phi) is 3.00. The van der Waals surface area contributed by atoms with Crippen molar-refractivity contribution < 1.29 is 14.3 Å². The number of hydrogen-bond acceptors (Lipinski definition) is 5. The molecule has 0 spiro atoms. The summed E-state index contributed by atoms with van der Waals surface area (Å²) in [5.41, 5.74) is 1.70. The molecule has 0 N–H and O–H groups in total. The number of rotatable bonds is 2. The predicted molar refractivity (Wildman–Crippen MR) is 66.5 cm³/mol. The molecule has 0 amide bonds. The number of methoxy groups -OCH3 is 1. The number of carbonyl (C=O) groups is 1. The van der Waals surface area contributed by atoms with Gasteiger partial charge < -0.3 is 14.0 Å². The van der Waals surface area contributed by atoms with Crippen molar-refractivity contribution in [2.24, 2.45) is 0 Å². The lowest BCUT2D eigenvalue weighted by Gasteiger charge is -2.16. The van der Waals surface area contributed by atoms with Crippen LogP contribution in [0.15, 0.2) is 24.4 Å². The Balaban J connectivity index is 2.20. The number of carbonyl (C=O) groups excluding carboxylic acids is 1. The molecule has 0 aromatic carbocycles. The van der Waals surface area contributed by atoms with Gasteiger partial charge in [0, 0.05) is 12.7 Å². The zero-order chi connectivity index (χ0) is 13.2. The monoisotopic (exact) mass is 259 g/mol. The molecule has 0 bridgehead atoms. The number of esters is 1. The first-order valence-electron chi connectivity index (χ1n) is 5.98. The number of aromatic nitrogens is 3. The van der Waals surface area contributed by atoms with E-state index in [0.29, 0.717) is 36.8 Å². The number of nitrogens with zero attached hydrogens (tertiary/aromatic N) is 3. The normalized spacial score (nSPS) is 13.9. The molecular formula is C13H13N3O3. The van der Waals surface area contributed by atoms with Crippen LogP contribution < -0.4 is 0 Å². The quantitative estimate of drug-likeness (QED) is 0.760. The summed E-state index contributed by atoms with van der Waals surface area (Å²) in [5.74, 6) is 0.273. The molecule has 0 radical (unpaired) electrons. The van der Waals surface area contributed by atoms with Gasteiger partial charge in [-0.15, -0.1) is 0 Å². The molecule has 0 atom stereocenters. The minimum absolute atomic E-state index is 0.293. The van der Waals surface area contributed by atoms with Crippen LogP contribution in [0, 0.1) is 0 Å². The molecule has 6 heteroatoms. The highest BCUT2D eigenvalue weighted by molar-refractivity contribution is 5.94. The average molecular weight is 259 g/mol. The number of fused-ring (bicyclic) bond motifs is 1. The number of pyridine rings is 1. The molecule has 6 nitrogen and oxygen atoms in total. The zero-order valence-electron chi connectivity index (χ0n) is 10.5. The first-order chi connectivity index (χ1) is 9.31. The Morgan fingerprint density at radius 3 is 3.11 bits per heavy atom. The molecule has 1 aliphatic rings. The predicted octanol–water partition coefficient (Wildman–Crippen LogP) is 1.26. The van der Waals surface area contributed by atoms with Gasteiger partial charge in [-0.2, -0.15) is 0 Å². The average Bonchev–Trinajstić information content (AvgIpc) is 2.86. The minimum Gasteiger partial charge on any atom is -0.464 e. The third kappa shape index (κ3) is 2.00. The first-order valence-corrected chi connectivity index (χ1v) is 5.98. The van der Waals surface area contributed by atoms with Gasteiger partial charge >= 0.3 is 5.97 Å². The third-order valence-corrected chi connectivity index (χ3v) is 3.02. The van der Waals surface area contributed by atoms with Crippen molar-refractivity contribution in [3.05, 3.63) is 35.9 Å². The summed E-state index contributed by atoms with van der Waals surface area (Å²) in [6, 6.07) is 5.56. The van der Waals surface area contributed by atoms with Crippen LogP contribution in [0.25, 0.3) is 11.4 Å². The van der Waals surface area contributed by atoms with Crippen LogP contribution in [0.5, 0.6) is 0 Å². The van der Waals surface area contributed by atoms with Crippen molar-refractivity contribution in [3.8, 4) is 11.4 Å². The fourth-order valence-corrected chi connectivity index (χ4v) is 2.17. The van der Waals surface area contributed by atoms with Gasteiger partial charge in [0.2, 0.25) is 0 Å². The lowest BCUT2D eigenvalue weighted by atomic mass is 10.2. The lowest BCUT2D eigenvalue weighted by Crippen LogP contribution is -2.17. The van der Waals surface area contributed by atoms with Gasteiger partial charge in [0.1, 0.15) is 18.1 Å². The van der Waals surface area contributed by atoms with Gasteiger partial charge in [0.25, 0.3) is 0 Å². The van der Waals surface area contributed by atoms with Crippen molar-refractivity contribution in [2.75, 3.05) is 13.7 Å². The fourth-order valence-electron chi connectivity index (χ4n) is 2.17. The van der Waals surface area contributed by atoms with Gasteiger partial charge in [-0.3, -0.25) is 4.98 Å². The SMILES string of the molecule is COC(=O)c1nc2n(c1-c1ccccn1)CCOC2. The standard InChI is InChI=1S/C13H13N3O3/c1-18-13(17)11-12(9-4-2-3-5-14-9)16-6-7-19-8-10(16)15-11/h2-5H,6-8H2,1H3. The lowest BCUT2D eigenvalue weighted by molar-refractivity contribution is 0.0595. The Morgan fingerprint density at radius 1 is 1.47 bits per heavy atom. The molecule has 19 heavy (non-hydrogen) atoms. The van der Waals surface area contributed by atoms with Crippen LogP contribution in [0.1, 0.15) is 16.3 Å². The smallest absolute Gasteiger partial charge is 0.359 e. The van der Waals surface area contributed by atoms with E-state index in [4.69, 9.17) is 9.47 Å². The summed E-state index contributed by atoms with van der Waals surface area (Å²) >= 11 is 0. The second kappa shape index (κ2) is 4.81. The Hall–Kier alpha value is -2.21. The summed E-state index contributed by atoms with van der Waals surface area (Å²) in [7, 11) is 1.35. The van der Waals surface area contributed by atoms with Gasteiger partial charge in [-0.05, 0) is 12.1 Å². The van der Waals surface area contributed by atoms with Crippen molar-refractivity contribution >= 4 is 5.97 Å². The van der Waals surface area contributed by atoms with Crippen LogP contribution in [0.4, 0.5) is 0 Å². The van der Waals surface area contributed by atoms with Crippen LogP contribution in [-0.4, -0.2) is 34.2 Å². The van der Waals surface area contributed by atoms with E-state index in [2.05, 4.69) is 9.97 Å². The van der Waals surface area contributed by atoms with E-state index in [0.717, 1.165) is 5.82 Å². The zero-order valence-corrected chi connectivity index (χ0v) is 10.5. The molecule has 0 fully saturated rings. The van der Waals surface area contributed by atoms with Gasteiger partial charge in [0.15, 0.2) is 5.69 Å². The number of imidazole rings is 1. The maximum absolute atomic E-state index is 11.9. The maximum Gasteiger partial charge on any atom is 0.359 e. The highest BCUT2D eigenvalue weighted by Crippen LogP contribution is 2.26. The summed E-state index contributed by atoms with van der Waals surface area (Å²) in [4.78, 5) is 20.5. The van der Waals surface area contributed by atoms with E-state index in [9.17, 15) is 4.79 Å². The molecule has 2 aromatic heterocycles. The minimum atomic E-state index is -0.456. The molecule has 3 heterocycles.